The molecular formula is C9H8ClF2NO. The molecule has 0 aliphatic carbocycles. The molecule has 1 amide bonds. The highest BCUT2D eigenvalue weighted by Gasteiger charge is 2.11. The summed E-state index contributed by atoms with van der Waals surface area (Å²) in [6, 6.07) is 3.21. The molecule has 0 unspecified atom stereocenters. The summed E-state index contributed by atoms with van der Waals surface area (Å²) in [6.07, 6.45) is 0. The number of carbonyl (C=O) groups is 1. The van der Waals surface area contributed by atoms with E-state index in [0.29, 0.717) is 0 Å². The van der Waals surface area contributed by atoms with Crippen LogP contribution in [0.5, 0.6) is 0 Å². The van der Waals surface area contributed by atoms with Crippen LogP contribution in [0.4, 0.5) is 14.5 Å². The van der Waals surface area contributed by atoms with Crippen molar-refractivity contribution in [2.45, 2.75) is 0 Å². The number of carbonyl (C=O) groups excluding carboxylic acids is 1. The first kappa shape index (κ1) is 10.9. The van der Waals surface area contributed by atoms with Crippen molar-refractivity contribution in [3.63, 3.8) is 0 Å². The van der Waals surface area contributed by atoms with Gasteiger partial charge >= 0.3 is 0 Å². The molecule has 0 saturated carbocycles. The van der Waals surface area contributed by atoms with Crippen LogP contribution in [0, 0.1) is 11.6 Å². The van der Waals surface area contributed by atoms with E-state index < -0.39 is 11.6 Å². The van der Waals surface area contributed by atoms with Gasteiger partial charge in [-0.3, -0.25) is 4.79 Å². The second-order valence-electron chi connectivity index (χ2n) is 2.68. The summed E-state index contributed by atoms with van der Waals surface area (Å²) in [5, 5.41) is 0. The lowest BCUT2D eigenvalue weighted by molar-refractivity contribution is -0.116. The molecule has 0 N–H and O–H groups in total. The molecule has 1 aromatic carbocycles. The molecule has 0 fully saturated rings. The molecule has 5 heteroatoms. The molecule has 1 aromatic rings. The topological polar surface area (TPSA) is 20.3 Å². The Hall–Kier alpha value is -1.16. The molecule has 0 aromatic heterocycles. The zero-order valence-corrected chi connectivity index (χ0v) is 8.18. The molecule has 0 spiro atoms. The molecule has 0 atom stereocenters. The van der Waals surface area contributed by atoms with Crippen LogP contribution in [0.15, 0.2) is 18.2 Å². The Balaban J connectivity index is 2.96. The van der Waals surface area contributed by atoms with E-state index in [-0.39, 0.29) is 17.5 Å². The minimum absolute atomic E-state index is 0.199. The van der Waals surface area contributed by atoms with E-state index in [4.69, 9.17) is 11.6 Å². The number of hydrogen-bond acceptors (Lipinski definition) is 1. The lowest BCUT2D eigenvalue weighted by atomic mass is 10.3. The number of benzene rings is 1. The van der Waals surface area contributed by atoms with Crippen molar-refractivity contribution in [1.29, 1.82) is 0 Å². The maximum Gasteiger partial charge on any atom is 0.241 e. The summed E-state index contributed by atoms with van der Waals surface area (Å²) in [6.45, 7) is 0. The van der Waals surface area contributed by atoms with Crippen molar-refractivity contribution in [3.05, 3.63) is 29.8 Å². The van der Waals surface area contributed by atoms with E-state index in [1.807, 2.05) is 0 Å². The zero-order chi connectivity index (χ0) is 10.7. The van der Waals surface area contributed by atoms with E-state index in [2.05, 4.69) is 0 Å². The number of hydrogen-bond donors (Lipinski definition) is 0. The Morgan fingerprint density at radius 1 is 1.43 bits per heavy atom. The molecule has 14 heavy (non-hydrogen) atoms. The van der Waals surface area contributed by atoms with Gasteiger partial charge < -0.3 is 4.90 Å². The fourth-order valence-corrected chi connectivity index (χ4v) is 1.11. The molecule has 0 aliphatic rings. The van der Waals surface area contributed by atoms with Gasteiger partial charge in [0.2, 0.25) is 5.91 Å². The van der Waals surface area contributed by atoms with E-state index in [1.165, 1.54) is 13.1 Å². The fourth-order valence-electron chi connectivity index (χ4n) is 0.927. The van der Waals surface area contributed by atoms with Gasteiger partial charge in [0.05, 0.1) is 0 Å². The minimum Gasteiger partial charge on any atom is -0.314 e. The van der Waals surface area contributed by atoms with Crippen LogP contribution in [-0.2, 0) is 4.79 Å². The van der Waals surface area contributed by atoms with Gasteiger partial charge in [-0.15, -0.1) is 11.6 Å². The lowest BCUT2D eigenvalue weighted by Gasteiger charge is -2.15. The molecule has 0 aliphatic heterocycles. The molecule has 0 heterocycles. The number of halogens is 3. The molecule has 0 bridgehead atoms. The average molecular weight is 220 g/mol. The van der Waals surface area contributed by atoms with Crippen LogP contribution in [0.2, 0.25) is 0 Å². The Morgan fingerprint density at radius 2 is 2.07 bits per heavy atom. The zero-order valence-electron chi connectivity index (χ0n) is 7.43. The first-order valence-corrected chi connectivity index (χ1v) is 4.37. The fraction of sp³-hybridized carbons (Fsp3) is 0.222. The number of nitrogens with zero attached hydrogens (tertiary/aromatic N) is 1. The van der Waals surface area contributed by atoms with E-state index in [0.717, 1.165) is 17.0 Å². The van der Waals surface area contributed by atoms with Gasteiger partial charge in [0.15, 0.2) is 11.6 Å². The maximum absolute atomic E-state index is 12.8. The van der Waals surface area contributed by atoms with E-state index >= 15 is 0 Å². The summed E-state index contributed by atoms with van der Waals surface area (Å²) in [5.74, 6) is -2.51. The predicted molar refractivity (Wildman–Crippen MR) is 50.5 cm³/mol. The van der Waals surface area contributed by atoms with E-state index in [9.17, 15) is 13.6 Å². The highest BCUT2D eigenvalue weighted by molar-refractivity contribution is 6.29. The molecule has 0 radical (unpaired) electrons. The van der Waals surface area contributed by atoms with Gasteiger partial charge in [0.1, 0.15) is 5.88 Å². The quantitative estimate of drug-likeness (QED) is 0.698. The SMILES string of the molecule is CN(C(=O)CCl)c1ccc(F)c(F)c1. The summed E-state index contributed by atoms with van der Waals surface area (Å²) in [4.78, 5) is 12.2. The Morgan fingerprint density at radius 3 is 2.57 bits per heavy atom. The maximum atomic E-state index is 12.8. The molecular weight excluding hydrogens is 212 g/mol. The third-order valence-corrected chi connectivity index (χ3v) is 2.01. The van der Waals surface area contributed by atoms with Crippen LogP contribution >= 0.6 is 11.6 Å². The van der Waals surface area contributed by atoms with Crippen molar-refractivity contribution < 1.29 is 13.6 Å². The molecule has 2 nitrogen and oxygen atoms in total. The number of anilines is 1. The van der Waals surface area contributed by atoms with Gasteiger partial charge in [-0.25, -0.2) is 8.78 Å². The first-order chi connectivity index (χ1) is 6.56. The highest BCUT2D eigenvalue weighted by atomic mass is 35.5. The average Bonchev–Trinajstić information content (AvgIpc) is 2.20. The summed E-state index contributed by atoms with van der Waals surface area (Å²) >= 11 is 5.31. The highest BCUT2D eigenvalue weighted by Crippen LogP contribution is 2.16. The largest absolute Gasteiger partial charge is 0.314 e. The lowest BCUT2D eigenvalue weighted by Crippen LogP contribution is -2.27. The Bertz CT molecular complexity index is 357. The van der Waals surface area contributed by atoms with Gasteiger partial charge in [-0.05, 0) is 12.1 Å². The van der Waals surface area contributed by atoms with Gasteiger partial charge in [0, 0.05) is 18.8 Å². The normalized spacial score (nSPS) is 10.0. The summed E-state index contributed by atoms with van der Waals surface area (Å²) < 4.78 is 25.3. The molecule has 76 valence electrons. The minimum atomic E-state index is -0.989. The predicted octanol–water partition coefficient (Wildman–Crippen LogP) is 2.17. The van der Waals surface area contributed by atoms with Crippen LogP contribution < -0.4 is 4.90 Å². The van der Waals surface area contributed by atoms with Crippen LogP contribution in [0.1, 0.15) is 0 Å². The van der Waals surface area contributed by atoms with Gasteiger partial charge in [0.25, 0.3) is 0 Å². The second-order valence-corrected chi connectivity index (χ2v) is 2.95. The summed E-state index contributed by atoms with van der Waals surface area (Å²) in [5.41, 5.74) is 0.273. The second kappa shape index (κ2) is 4.37. The van der Waals surface area contributed by atoms with Crippen LogP contribution in [-0.4, -0.2) is 18.8 Å². The number of alkyl halides is 1. The van der Waals surface area contributed by atoms with Crippen LogP contribution in [0.25, 0.3) is 0 Å². The van der Waals surface area contributed by atoms with Crippen molar-refractivity contribution in [2.75, 3.05) is 17.8 Å². The number of amides is 1. The van der Waals surface area contributed by atoms with E-state index in [1.54, 1.807) is 0 Å². The van der Waals surface area contributed by atoms with Gasteiger partial charge in [-0.2, -0.15) is 0 Å². The first-order valence-electron chi connectivity index (χ1n) is 3.84. The summed E-state index contributed by atoms with van der Waals surface area (Å²) in [7, 11) is 1.44. The smallest absolute Gasteiger partial charge is 0.241 e. The van der Waals surface area contributed by atoms with Crippen molar-refractivity contribution in [1.82, 2.24) is 0 Å². The standard InChI is InChI=1S/C9H8ClF2NO/c1-13(9(14)5-10)6-2-3-7(11)8(12)4-6/h2-4H,5H2,1H3. The Kier molecular flexibility index (Phi) is 3.41. The Labute approximate surface area is 85.1 Å². The van der Waals surface area contributed by atoms with Crippen molar-refractivity contribution >= 4 is 23.2 Å². The number of rotatable bonds is 2. The van der Waals surface area contributed by atoms with Crippen molar-refractivity contribution in [2.24, 2.45) is 0 Å². The third kappa shape index (κ3) is 2.20. The molecule has 1 rings (SSSR count). The van der Waals surface area contributed by atoms with Gasteiger partial charge in [-0.1, -0.05) is 0 Å². The molecule has 0 saturated heterocycles. The van der Waals surface area contributed by atoms with Crippen LogP contribution in [0.3, 0.4) is 0 Å². The monoisotopic (exact) mass is 219 g/mol. The third-order valence-electron chi connectivity index (χ3n) is 1.78. The van der Waals surface area contributed by atoms with Crippen molar-refractivity contribution in [3.8, 4) is 0 Å².